The van der Waals surface area contributed by atoms with Crippen LogP contribution in [0.15, 0.2) is 24.5 Å². The molecule has 110 valence electrons. The summed E-state index contributed by atoms with van der Waals surface area (Å²) in [6.45, 7) is 0.815. The molecule has 3 rings (SSSR count). The lowest BCUT2D eigenvalue weighted by Crippen LogP contribution is -2.07. The van der Waals surface area contributed by atoms with Gasteiger partial charge in [0.1, 0.15) is 15.4 Å². The van der Waals surface area contributed by atoms with E-state index >= 15 is 0 Å². The largest absolute Gasteiger partial charge is 0.503 e. The van der Waals surface area contributed by atoms with Gasteiger partial charge in [-0.3, -0.25) is 4.98 Å². The number of rotatable bonds is 5. The van der Waals surface area contributed by atoms with Crippen molar-refractivity contribution in [1.29, 1.82) is 0 Å². The molecule has 0 spiro atoms. The van der Waals surface area contributed by atoms with Crippen molar-refractivity contribution in [3.05, 3.63) is 24.5 Å². The van der Waals surface area contributed by atoms with Gasteiger partial charge in [0.05, 0.1) is 0 Å². The zero-order chi connectivity index (χ0) is 14.8. The summed E-state index contributed by atoms with van der Waals surface area (Å²) < 4.78 is 1.96. The summed E-state index contributed by atoms with van der Waals surface area (Å²) in [5.74, 6) is 1.95. The molecule has 5 nitrogen and oxygen atoms in total. The molecule has 0 unspecified atom stereocenters. The standard InChI is InChI=1S/C14H16N4OS2/c1-18-12(16-6-7-20-2)11(19)10-14(18)21-13(17-10)9-4-3-5-15-8-9/h3-5,8,16,19H,6-7H2,1-2H3. The molecule has 0 aromatic carbocycles. The van der Waals surface area contributed by atoms with Crippen LogP contribution in [-0.2, 0) is 7.05 Å². The van der Waals surface area contributed by atoms with Gasteiger partial charge in [0, 0.05) is 37.3 Å². The lowest BCUT2D eigenvalue weighted by Gasteiger charge is -2.07. The number of aromatic nitrogens is 3. The Hall–Kier alpha value is -1.73. The Bertz CT molecular complexity index is 714. The number of hydrogen-bond donors (Lipinski definition) is 2. The summed E-state index contributed by atoms with van der Waals surface area (Å²) in [6.07, 6.45) is 5.58. The minimum atomic E-state index is 0.222. The first kappa shape index (κ1) is 14.2. The van der Waals surface area contributed by atoms with E-state index < -0.39 is 0 Å². The maximum atomic E-state index is 10.4. The third-order valence-corrected chi connectivity index (χ3v) is 5.00. The van der Waals surface area contributed by atoms with Gasteiger partial charge >= 0.3 is 0 Å². The number of nitrogens with one attached hydrogen (secondary N) is 1. The van der Waals surface area contributed by atoms with Gasteiger partial charge in [-0.25, -0.2) is 4.98 Å². The maximum absolute atomic E-state index is 10.4. The lowest BCUT2D eigenvalue weighted by atomic mass is 10.3. The molecule has 0 atom stereocenters. The lowest BCUT2D eigenvalue weighted by molar-refractivity contribution is 0.481. The topological polar surface area (TPSA) is 63.0 Å². The van der Waals surface area contributed by atoms with Crippen LogP contribution >= 0.6 is 23.1 Å². The van der Waals surface area contributed by atoms with Crippen LogP contribution in [0.4, 0.5) is 5.82 Å². The van der Waals surface area contributed by atoms with Gasteiger partial charge in [-0.15, -0.1) is 0 Å². The van der Waals surface area contributed by atoms with Gasteiger partial charge in [0.2, 0.25) is 0 Å². The first-order valence-electron chi connectivity index (χ1n) is 6.53. The number of aryl methyl sites for hydroxylation is 1. The molecule has 0 aliphatic carbocycles. The molecule has 0 bridgehead atoms. The zero-order valence-corrected chi connectivity index (χ0v) is 13.5. The number of anilines is 1. The molecule has 21 heavy (non-hydrogen) atoms. The van der Waals surface area contributed by atoms with Crippen molar-refractivity contribution in [3.63, 3.8) is 0 Å². The monoisotopic (exact) mass is 320 g/mol. The SMILES string of the molecule is CSCCNc1c(O)c2nc(-c3cccnc3)sc2n1C. The van der Waals surface area contributed by atoms with Crippen LogP contribution in [0.25, 0.3) is 20.9 Å². The second-order valence-corrected chi connectivity index (χ2v) is 6.55. The molecule has 3 aromatic rings. The van der Waals surface area contributed by atoms with Crippen LogP contribution in [0.2, 0.25) is 0 Å². The Balaban J connectivity index is 1.99. The molecule has 0 radical (unpaired) electrons. The Morgan fingerprint density at radius 3 is 3.00 bits per heavy atom. The van der Waals surface area contributed by atoms with Crippen LogP contribution < -0.4 is 5.32 Å². The Labute approximate surface area is 131 Å². The molecule has 0 fully saturated rings. The van der Waals surface area contributed by atoms with Crippen LogP contribution in [0.3, 0.4) is 0 Å². The van der Waals surface area contributed by atoms with Crippen molar-refractivity contribution >= 4 is 39.3 Å². The third-order valence-electron chi connectivity index (χ3n) is 3.21. The summed E-state index contributed by atoms with van der Waals surface area (Å²) in [5, 5.41) is 14.5. The number of fused-ring (bicyclic) bond motifs is 1. The van der Waals surface area contributed by atoms with Gasteiger partial charge in [-0.2, -0.15) is 11.8 Å². The second-order valence-electron chi connectivity index (χ2n) is 4.59. The molecular formula is C14H16N4OS2. The highest BCUT2D eigenvalue weighted by molar-refractivity contribution is 7.98. The molecule has 2 N–H and O–H groups in total. The predicted octanol–water partition coefficient (Wildman–Crippen LogP) is 3.18. The summed E-state index contributed by atoms with van der Waals surface area (Å²) in [5.41, 5.74) is 1.61. The Morgan fingerprint density at radius 2 is 2.33 bits per heavy atom. The van der Waals surface area contributed by atoms with E-state index in [0.29, 0.717) is 5.52 Å². The number of aromatic hydroxyl groups is 1. The Kier molecular flexibility index (Phi) is 4.03. The minimum Gasteiger partial charge on any atom is -0.503 e. The number of thiazole rings is 1. The second kappa shape index (κ2) is 5.95. The van der Waals surface area contributed by atoms with Crippen molar-refractivity contribution in [3.8, 4) is 16.3 Å². The highest BCUT2D eigenvalue weighted by Crippen LogP contribution is 2.40. The Morgan fingerprint density at radius 1 is 1.48 bits per heavy atom. The fourth-order valence-corrected chi connectivity index (χ4v) is 3.48. The van der Waals surface area contributed by atoms with Gasteiger partial charge in [0.15, 0.2) is 11.6 Å². The minimum absolute atomic E-state index is 0.222. The predicted molar refractivity (Wildman–Crippen MR) is 90.4 cm³/mol. The molecule has 0 aliphatic rings. The maximum Gasteiger partial charge on any atom is 0.185 e. The molecule has 3 aromatic heterocycles. The highest BCUT2D eigenvalue weighted by Gasteiger charge is 2.19. The average molecular weight is 320 g/mol. The van der Waals surface area contributed by atoms with Gasteiger partial charge in [0.25, 0.3) is 0 Å². The van der Waals surface area contributed by atoms with Gasteiger partial charge in [-0.05, 0) is 18.4 Å². The van der Waals surface area contributed by atoms with E-state index in [1.165, 1.54) is 0 Å². The molecule has 7 heteroatoms. The van der Waals surface area contributed by atoms with Crippen molar-refractivity contribution in [2.75, 3.05) is 23.9 Å². The molecule has 0 saturated carbocycles. The molecule has 0 amide bonds. The van der Waals surface area contributed by atoms with E-state index in [2.05, 4.69) is 21.5 Å². The number of hydrogen-bond acceptors (Lipinski definition) is 6. The van der Waals surface area contributed by atoms with E-state index in [0.717, 1.165) is 33.5 Å². The normalized spacial score (nSPS) is 11.1. The molecule has 0 aliphatic heterocycles. The van der Waals surface area contributed by atoms with Gasteiger partial charge < -0.3 is 15.0 Å². The number of thioether (sulfide) groups is 1. The van der Waals surface area contributed by atoms with Crippen molar-refractivity contribution in [1.82, 2.24) is 14.5 Å². The van der Waals surface area contributed by atoms with Crippen LogP contribution in [0.1, 0.15) is 0 Å². The quantitative estimate of drug-likeness (QED) is 0.707. The number of nitrogens with zero attached hydrogens (tertiary/aromatic N) is 3. The van der Waals surface area contributed by atoms with E-state index in [1.54, 1.807) is 35.5 Å². The third kappa shape index (κ3) is 2.58. The van der Waals surface area contributed by atoms with E-state index in [1.807, 2.05) is 23.7 Å². The molecular weight excluding hydrogens is 304 g/mol. The van der Waals surface area contributed by atoms with Crippen molar-refractivity contribution in [2.24, 2.45) is 7.05 Å². The fraction of sp³-hybridized carbons (Fsp3) is 0.286. The van der Waals surface area contributed by atoms with Crippen LogP contribution in [0, 0.1) is 0 Å². The van der Waals surface area contributed by atoms with E-state index in [4.69, 9.17) is 0 Å². The molecule has 0 saturated heterocycles. The number of pyridine rings is 1. The van der Waals surface area contributed by atoms with Crippen LogP contribution in [-0.4, -0.2) is 38.2 Å². The average Bonchev–Trinajstić information content (AvgIpc) is 3.04. The fourth-order valence-electron chi connectivity index (χ4n) is 2.15. The smallest absolute Gasteiger partial charge is 0.185 e. The van der Waals surface area contributed by atoms with Crippen LogP contribution in [0.5, 0.6) is 5.75 Å². The summed E-state index contributed by atoms with van der Waals surface area (Å²) >= 11 is 3.33. The molecule has 3 heterocycles. The summed E-state index contributed by atoms with van der Waals surface area (Å²) in [4.78, 5) is 9.62. The van der Waals surface area contributed by atoms with E-state index in [-0.39, 0.29) is 5.75 Å². The van der Waals surface area contributed by atoms with Crippen molar-refractivity contribution in [2.45, 2.75) is 0 Å². The van der Waals surface area contributed by atoms with E-state index in [9.17, 15) is 5.11 Å². The first-order valence-corrected chi connectivity index (χ1v) is 8.74. The van der Waals surface area contributed by atoms with Gasteiger partial charge in [-0.1, -0.05) is 11.3 Å². The van der Waals surface area contributed by atoms with Crippen molar-refractivity contribution < 1.29 is 5.11 Å². The summed E-state index contributed by atoms with van der Waals surface area (Å²) in [7, 11) is 1.94. The highest BCUT2D eigenvalue weighted by atomic mass is 32.2. The first-order chi connectivity index (χ1) is 10.2. The summed E-state index contributed by atoms with van der Waals surface area (Å²) in [6, 6.07) is 3.86. The zero-order valence-electron chi connectivity index (χ0n) is 11.8.